The fourth-order valence-corrected chi connectivity index (χ4v) is 7.83. The second-order valence-corrected chi connectivity index (χ2v) is 12.6. The molecule has 4 heterocycles. The van der Waals surface area contributed by atoms with Gasteiger partial charge in [0.25, 0.3) is 0 Å². The average molecular weight is 627 g/mol. The fraction of sp³-hybridized carbons (Fsp3) is 0. The zero-order chi connectivity index (χ0) is 32.1. The van der Waals surface area contributed by atoms with Crippen LogP contribution in [0, 0.1) is 0 Å². The summed E-state index contributed by atoms with van der Waals surface area (Å²) in [5.41, 5.74) is 10.1. The van der Waals surface area contributed by atoms with Gasteiger partial charge in [-0.05, 0) is 54.6 Å². The van der Waals surface area contributed by atoms with E-state index in [9.17, 15) is 0 Å². The molecule has 0 aliphatic rings. The maximum atomic E-state index is 6.31. The predicted octanol–water partition coefficient (Wildman–Crippen LogP) is 11.4. The molecule has 5 heteroatoms. The maximum absolute atomic E-state index is 6.31. The summed E-state index contributed by atoms with van der Waals surface area (Å²) in [4.78, 5) is 10.6. The van der Waals surface area contributed by atoms with E-state index in [1.165, 1.54) is 27.2 Å². The zero-order valence-corrected chi connectivity index (χ0v) is 26.2. The van der Waals surface area contributed by atoms with Crippen molar-refractivity contribution in [3.63, 3.8) is 0 Å². The minimum absolute atomic E-state index is 0.631. The number of nitrogens with zero attached hydrogens (tertiary/aromatic N) is 4. The molecule has 0 aliphatic heterocycles. The van der Waals surface area contributed by atoms with Gasteiger partial charge in [0, 0.05) is 49.0 Å². The van der Waals surface area contributed by atoms with Crippen LogP contribution in [0.2, 0.25) is 0 Å². The van der Waals surface area contributed by atoms with Crippen LogP contribution < -0.4 is 0 Å². The third kappa shape index (κ3) is 3.70. The summed E-state index contributed by atoms with van der Waals surface area (Å²) in [5.74, 6) is 0.631. The van der Waals surface area contributed by atoms with Crippen molar-refractivity contribution in [2.75, 3.05) is 0 Å². The molecule has 228 valence electrons. The van der Waals surface area contributed by atoms with E-state index in [2.05, 4.69) is 137 Å². The Hall–Kier alpha value is -6.72. The lowest BCUT2D eigenvalue weighted by atomic mass is 10.0. The third-order valence-electron chi connectivity index (χ3n) is 9.93. The molecule has 11 rings (SSSR count). The summed E-state index contributed by atoms with van der Waals surface area (Å²) in [6, 6.07) is 55.3. The largest absolute Gasteiger partial charge is 0.456 e. The van der Waals surface area contributed by atoms with Crippen LogP contribution in [0.25, 0.3) is 99.3 Å². The lowest BCUT2D eigenvalue weighted by Crippen LogP contribution is -2.03. The second kappa shape index (κ2) is 9.89. The summed E-state index contributed by atoms with van der Waals surface area (Å²) >= 11 is 0. The van der Waals surface area contributed by atoms with Crippen molar-refractivity contribution in [3.05, 3.63) is 158 Å². The van der Waals surface area contributed by atoms with Gasteiger partial charge in [0.05, 0.1) is 33.3 Å². The summed E-state index contributed by atoms with van der Waals surface area (Å²) in [7, 11) is 0. The van der Waals surface area contributed by atoms with E-state index in [1.807, 2.05) is 30.3 Å². The van der Waals surface area contributed by atoms with Gasteiger partial charge in [-0.2, -0.15) is 0 Å². The molecule has 0 amide bonds. The van der Waals surface area contributed by atoms with Gasteiger partial charge in [-0.25, -0.2) is 9.97 Å². The van der Waals surface area contributed by atoms with Crippen LogP contribution in [-0.2, 0) is 0 Å². The molecule has 0 saturated heterocycles. The van der Waals surface area contributed by atoms with Gasteiger partial charge in [-0.15, -0.1) is 0 Å². The van der Waals surface area contributed by atoms with Gasteiger partial charge >= 0.3 is 0 Å². The number of para-hydroxylation sites is 5. The van der Waals surface area contributed by atoms with Gasteiger partial charge in [-0.3, -0.25) is 4.57 Å². The Labute approximate surface area is 279 Å². The van der Waals surface area contributed by atoms with E-state index in [1.54, 1.807) is 0 Å². The van der Waals surface area contributed by atoms with Crippen molar-refractivity contribution in [1.29, 1.82) is 0 Å². The molecule has 7 aromatic carbocycles. The zero-order valence-electron chi connectivity index (χ0n) is 26.2. The van der Waals surface area contributed by atoms with Gasteiger partial charge in [-0.1, -0.05) is 103 Å². The third-order valence-corrected chi connectivity index (χ3v) is 9.93. The molecule has 4 aromatic heterocycles. The lowest BCUT2D eigenvalue weighted by Gasteiger charge is -2.12. The van der Waals surface area contributed by atoms with Crippen molar-refractivity contribution in [2.45, 2.75) is 0 Å². The second-order valence-electron chi connectivity index (χ2n) is 12.6. The number of aromatic nitrogens is 4. The maximum Gasteiger partial charge on any atom is 0.235 e. The Bertz CT molecular complexity index is 3110. The van der Waals surface area contributed by atoms with E-state index >= 15 is 0 Å². The first-order chi connectivity index (χ1) is 24.3. The van der Waals surface area contributed by atoms with E-state index in [-0.39, 0.29) is 0 Å². The van der Waals surface area contributed by atoms with Crippen LogP contribution in [0.5, 0.6) is 0 Å². The summed E-state index contributed by atoms with van der Waals surface area (Å²) in [5, 5.41) is 7.98. The Kier molecular flexibility index (Phi) is 5.32. The number of furan rings is 1. The highest BCUT2D eigenvalue weighted by atomic mass is 16.3. The van der Waals surface area contributed by atoms with Gasteiger partial charge in [0.1, 0.15) is 11.2 Å². The summed E-state index contributed by atoms with van der Waals surface area (Å²) in [6.07, 6.45) is 0. The summed E-state index contributed by atoms with van der Waals surface area (Å²) < 4.78 is 10.9. The topological polar surface area (TPSA) is 48.8 Å². The number of hydrogen-bond acceptors (Lipinski definition) is 3. The quantitative estimate of drug-likeness (QED) is 0.196. The Morgan fingerprint density at radius 1 is 0.429 bits per heavy atom. The molecule has 0 aliphatic carbocycles. The standard InChI is InChI=1S/C44H26N4O/c1-2-12-28(13-3-1)47-36-19-9-5-14-29(36)32-24-25-38-41(43(32)47)34-17-6-10-20-37(34)48(38)44-45-35-18-8-4-16-33(35)42(46-44)27-22-23-31-30-15-7-11-21-39(30)49-40(31)26-27/h1-26H. The predicted molar refractivity (Wildman–Crippen MR) is 201 cm³/mol. The van der Waals surface area contributed by atoms with Crippen LogP contribution in [-0.4, -0.2) is 19.1 Å². The molecule has 0 spiro atoms. The monoisotopic (exact) mass is 626 g/mol. The highest BCUT2D eigenvalue weighted by Crippen LogP contribution is 2.42. The van der Waals surface area contributed by atoms with Crippen molar-refractivity contribution < 1.29 is 4.42 Å². The number of fused-ring (bicyclic) bond motifs is 11. The van der Waals surface area contributed by atoms with Crippen molar-refractivity contribution in [1.82, 2.24) is 19.1 Å². The molecule has 0 fully saturated rings. The molecule has 0 bridgehead atoms. The van der Waals surface area contributed by atoms with Gasteiger partial charge < -0.3 is 8.98 Å². The highest BCUT2D eigenvalue weighted by molar-refractivity contribution is 6.26. The first kappa shape index (κ1) is 26.4. The Balaban J connectivity index is 1.24. The van der Waals surface area contributed by atoms with E-state index in [0.717, 1.165) is 66.2 Å². The number of benzene rings is 7. The molecule has 49 heavy (non-hydrogen) atoms. The summed E-state index contributed by atoms with van der Waals surface area (Å²) in [6.45, 7) is 0. The van der Waals surface area contributed by atoms with Crippen LogP contribution in [0.4, 0.5) is 0 Å². The SMILES string of the molecule is c1ccc(-n2c3ccccc3c3ccc4c(c5ccccc5n4-c4nc(-c5ccc6c(c5)oc5ccccc56)c5ccccc5n4)c32)cc1. The highest BCUT2D eigenvalue weighted by Gasteiger charge is 2.22. The molecular weight excluding hydrogens is 601 g/mol. The lowest BCUT2D eigenvalue weighted by molar-refractivity contribution is 0.669. The van der Waals surface area contributed by atoms with Crippen molar-refractivity contribution >= 4 is 76.5 Å². The minimum atomic E-state index is 0.631. The Morgan fingerprint density at radius 3 is 1.94 bits per heavy atom. The van der Waals surface area contributed by atoms with E-state index < -0.39 is 0 Å². The van der Waals surface area contributed by atoms with Crippen molar-refractivity contribution in [2.24, 2.45) is 0 Å². The molecule has 5 nitrogen and oxygen atoms in total. The van der Waals surface area contributed by atoms with E-state index in [0.29, 0.717) is 5.95 Å². The van der Waals surface area contributed by atoms with Crippen LogP contribution in [0.3, 0.4) is 0 Å². The molecule has 0 saturated carbocycles. The normalized spacial score (nSPS) is 12.1. The Morgan fingerprint density at radius 2 is 1.08 bits per heavy atom. The van der Waals surface area contributed by atoms with Gasteiger partial charge in [0.2, 0.25) is 5.95 Å². The molecule has 0 radical (unpaired) electrons. The molecular formula is C44H26N4O. The fourth-order valence-electron chi connectivity index (χ4n) is 7.83. The minimum Gasteiger partial charge on any atom is -0.456 e. The van der Waals surface area contributed by atoms with Gasteiger partial charge in [0.15, 0.2) is 0 Å². The molecule has 0 unspecified atom stereocenters. The smallest absolute Gasteiger partial charge is 0.235 e. The van der Waals surface area contributed by atoms with Crippen molar-refractivity contribution in [3.8, 4) is 22.9 Å². The average Bonchev–Trinajstić information content (AvgIpc) is 3.82. The molecule has 11 aromatic rings. The molecule has 0 N–H and O–H groups in total. The van der Waals surface area contributed by atoms with Crippen LogP contribution in [0.1, 0.15) is 0 Å². The number of rotatable bonds is 3. The van der Waals surface area contributed by atoms with E-state index in [4.69, 9.17) is 14.4 Å². The van der Waals surface area contributed by atoms with Crippen LogP contribution in [0.15, 0.2) is 162 Å². The van der Waals surface area contributed by atoms with Crippen LogP contribution >= 0.6 is 0 Å². The number of hydrogen-bond donors (Lipinski definition) is 0. The molecule has 0 atom stereocenters. The first-order valence-electron chi connectivity index (χ1n) is 16.5. The first-order valence-corrected chi connectivity index (χ1v) is 16.5.